The van der Waals surface area contributed by atoms with Gasteiger partial charge in [0.15, 0.2) is 0 Å². The van der Waals surface area contributed by atoms with E-state index in [0.717, 1.165) is 29.9 Å². The predicted octanol–water partition coefficient (Wildman–Crippen LogP) is 2.30. The first-order valence-corrected chi connectivity index (χ1v) is 7.61. The second-order valence-corrected chi connectivity index (χ2v) is 6.03. The highest BCUT2D eigenvalue weighted by Crippen LogP contribution is 2.30. The van der Waals surface area contributed by atoms with Crippen molar-refractivity contribution in [3.8, 4) is 5.75 Å². The third-order valence-corrected chi connectivity index (χ3v) is 4.71. The Kier molecular flexibility index (Phi) is 4.54. The van der Waals surface area contributed by atoms with E-state index in [1.807, 2.05) is 18.2 Å². The first kappa shape index (κ1) is 13.7. The van der Waals surface area contributed by atoms with Gasteiger partial charge >= 0.3 is 0 Å². The van der Waals surface area contributed by atoms with E-state index < -0.39 is 5.60 Å². The van der Waals surface area contributed by atoms with Crippen molar-refractivity contribution in [2.45, 2.75) is 31.4 Å². The SMILES string of the molecule is CC[C@H](NC[C@@]1(O)CCSC1)c1ccccc1O. The standard InChI is InChI=1S/C14H21NO2S/c1-2-12(11-5-3-4-6-13(11)16)15-9-14(17)7-8-18-10-14/h3-6,12,15-17H,2,7-10H2,1H3/t12-,14-/m0/s1. The van der Waals surface area contributed by atoms with Gasteiger partial charge in [-0.1, -0.05) is 25.1 Å². The Balaban J connectivity index is 1.99. The Hall–Kier alpha value is -0.710. The topological polar surface area (TPSA) is 52.5 Å². The minimum atomic E-state index is -0.581. The summed E-state index contributed by atoms with van der Waals surface area (Å²) in [5.74, 6) is 2.16. The average molecular weight is 267 g/mol. The molecule has 0 bridgehead atoms. The number of nitrogens with one attached hydrogen (secondary N) is 1. The quantitative estimate of drug-likeness (QED) is 0.766. The van der Waals surface area contributed by atoms with Crippen molar-refractivity contribution in [2.75, 3.05) is 18.1 Å². The van der Waals surface area contributed by atoms with E-state index in [0.29, 0.717) is 12.3 Å². The van der Waals surface area contributed by atoms with E-state index in [9.17, 15) is 10.2 Å². The van der Waals surface area contributed by atoms with Crippen molar-refractivity contribution in [1.29, 1.82) is 0 Å². The van der Waals surface area contributed by atoms with Crippen molar-refractivity contribution < 1.29 is 10.2 Å². The van der Waals surface area contributed by atoms with Crippen molar-refractivity contribution in [3.63, 3.8) is 0 Å². The summed E-state index contributed by atoms with van der Waals surface area (Å²) < 4.78 is 0. The summed E-state index contributed by atoms with van der Waals surface area (Å²) in [6.45, 7) is 2.67. The third kappa shape index (κ3) is 3.19. The van der Waals surface area contributed by atoms with Crippen molar-refractivity contribution in [1.82, 2.24) is 5.32 Å². The van der Waals surface area contributed by atoms with Crippen LogP contribution in [0.1, 0.15) is 31.4 Å². The van der Waals surface area contributed by atoms with Gasteiger partial charge in [-0.25, -0.2) is 0 Å². The number of benzene rings is 1. The molecule has 1 fully saturated rings. The molecule has 1 aromatic carbocycles. The molecule has 0 unspecified atom stereocenters. The minimum Gasteiger partial charge on any atom is -0.508 e. The number of hydrogen-bond acceptors (Lipinski definition) is 4. The molecule has 0 saturated carbocycles. The van der Waals surface area contributed by atoms with E-state index in [4.69, 9.17) is 0 Å². The zero-order chi connectivity index (χ0) is 13.0. The number of aromatic hydroxyl groups is 1. The summed E-state index contributed by atoms with van der Waals surface area (Å²) in [4.78, 5) is 0. The number of phenols is 1. The van der Waals surface area contributed by atoms with E-state index >= 15 is 0 Å². The molecule has 1 aromatic rings. The maximum absolute atomic E-state index is 10.3. The van der Waals surface area contributed by atoms with Gasteiger partial charge in [-0.2, -0.15) is 11.8 Å². The summed E-state index contributed by atoms with van der Waals surface area (Å²) in [6, 6.07) is 7.50. The number of rotatable bonds is 5. The Labute approximate surface area is 113 Å². The van der Waals surface area contributed by atoms with Crippen LogP contribution >= 0.6 is 11.8 Å². The maximum atomic E-state index is 10.3. The number of thioether (sulfide) groups is 1. The van der Waals surface area contributed by atoms with Crippen LogP contribution in [-0.2, 0) is 0 Å². The minimum absolute atomic E-state index is 0.0980. The zero-order valence-electron chi connectivity index (χ0n) is 10.7. The van der Waals surface area contributed by atoms with Crippen LogP contribution in [0.25, 0.3) is 0 Å². The molecule has 0 radical (unpaired) electrons. The van der Waals surface area contributed by atoms with Gasteiger partial charge in [0.25, 0.3) is 0 Å². The number of phenolic OH excluding ortho intramolecular Hbond substituents is 1. The summed E-state index contributed by atoms with van der Waals surface area (Å²) in [5.41, 5.74) is 0.330. The lowest BCUT2D eigenvalue weighted by Gasteiger charge is -2.26. The fourth-order valence-corrected chi connectivity index (χ4v) is 3.60. The van der Waals surface area contributed by atoms with E-state index in [-0.39, 0.29) is 6.04 Å². The molecule has 3 nitrogen and oxygen atoms in total. The van der Waals surface area contributed by atoms with Crippen LogP contribution in [0.15, 0.2) is 24.3 Å². The second-order valence-electron chi connectivity index (χ2n) is 4.93. The van der Waals surface area contributed by atoms with Gasteiger partial charge in [-0.05, 0) is 24.7 Å². The first-order chi connectivity index (χ1) is 8.64. The summed E-state index contributed by atoms with van der Waals surface area (Å²) in [7, 11) is 0. The van der Waals surface area contributed by atoms with E-state index in [2.05, 4.69) is 12.2 Å². The monoisotopic (exact) mass is 267 g/mol. The number of aliphatic hydroxyl groups is 1. The van der Waals surface area contributed by atoms with Gasteiger partial charge in [0.2, 0.25) is 0 Å². The van der Waals surface area contributed by atoms with Crippen molar-refractivity contribution in [3.05, 3.63) is 29.8 Å². The molecule has 3 N–H and O–H groups in total. The van der Waals surface area contributed by atoms with Crippen LogP contribution in [-0.4, -0.2) is 33.9 Å². The Morgan fingerprint density at radius 1 is 1.44 bits per heavy atom. The lowest BCUT2D eigenvalue weighted by Crippen LogP contribution is -2.41. The molecule has 2 atom stereocenters. The van der Waals surface area contributed by atoms with Gasteiger partial charge in [0, 0.05) is 23.9 Å². The fourth-order valence-electron chi connectivity index (χ4n) is 2.31. The lowest BCUT2D eigenvalue weighted by atomic mass is 10.00. The molecule has 0 spiro atoms. The molecule has 18 heavy (non-hydrogen) atoms. The van der Waals surface area contributed by atoms with Crippen LogP contribution in [0, 0.1) is 0 Å². The van der Waals surface area contributed by atoms with Crippen LogP contribution in [0.5, 0.6) is 5.75 Å². The number of hydrogen-bond donors (Lipinski definition) is 3. The molecule has 0 aliphatic carbocycles. The molecule has 2 rings (SSSR count). The molecular weight excluding hydrogens is 246 g/mol. The molecule has 4 heteroatoms. The Morgan fingerprint density at radius 2 is 2.22 bits per heavy atom. The normalized spacial score (nSPS) is 25.2. The van der Waals surface area contributed by atoms with Crippen molar-refractivity contribution >= 4 is 11.8 Å². The highest BCUT2D eigenvalue weighted by Gasteiger charge is 2.32. The Morgan fingerprint density at radius 3 is 2.83 bits per heavy atom. The first-order valence-electron chi connectivity index (χ1n) is 6.46. The van der Waals surface area contributed by atoms with Gasteiger partial charge < -0.3 is 15.5 Å². The summed E-state index contributed by atoms with van der Waals surface area (Å²) in [6.07, 6.45) is 1.74. The highest BCUT2D eigenvalue weighted by molar-refractivity contribution is 7.99. The van der Waals surface area contributed by atoms with Crippen LogP contribution in [0.2, 0.25) is 0 Å². The molecule has 0 aromatic heterocycles. The van der Waals surface area contributed by atoms with Gasteiger partial charge in [0.05, 0.1) is 5.60 Å². The molecule has 0 amide bonds. The largest absolute Gasteiger partial charge is 0.508 e. The van der Waals surface area contributed by atoms with E-state index in [1.165, 1.54) is 0 Å². The molecule has 1 aliphatic heterocycles. The predicted molar refractivity (Wildman–Crippen MR) is 76.0 cm³/mol. The number of para-hydroxylation sites is 1. The highest BCUT2D eigenvalue weighted by atomic mass is 32.2. The average Bonchev–Trinajstić information content (AvgIpc) is 2.79. The summed E-state index contributed by atoms with van der Waals surface area (Å²) in [5, 5.41) is 23.6. The van der Waals surface area contributed by atoms with Crippen LogP contribution < -0.4 is 5.32 Å². The van der Waals surface area contributed by atoms with Crippen LogP contribution in [0.4, 0.5) is 0 Å². The van der Waals surface area contributed by atoms with Crippen molar-refractivity contribution in [2.24, 2.45) is 0 Å². The van der Waals surface area contributed by atoms with Gasteiger partial charge in [0.1, 0.15) is 5.75 Å². The molecular formula is C14H21NO2S. The zero-order valence-corrected chi connectivity index (χ0v) is 11.5. The molecule has 1 aliphatic rings. The second kappa shape index (κ2) is 5.95. The van der Waals surface area contributed by atoms with E-state index in [1.54, 1.807) is 17.8 Å². The molecule has 1 saturated heterocycles. The Bertz CT molecular complexity index is 391. The molecule has 100 valence electrons. The van der Waals surface area contributed by atoms with Crippen LogP contribution in [0.3, 0.4) is 0 Å². The fraction of sp³-hybridized carbons (Fsp3) is 0.571. The smallest absolute Gasteiger partial charge is 0.120 e. The van der Waals surface area contributed by atoms with Gasteiger partial charge in [-0.3, -0.25) is 0 Å². The van der Waals surface area contributed by atoms with Gasteiger partial charge in [-0.15, -0.1) is 0 Å². The summed E-state index contributed by atoms with van der Waals surface area (Å²) >= 11 is 1.80. The third-order valence-electron chi connectivity index (χ3n) is 3.48. The lowest BCUT2D eigenvalue weighted by molar-refractivity contribution is 0.0642. The maximum Gasteiger partial charge on any atom is 0.120 e. The molecule has 1 heterocycles.